The van der Waals surface area contributed by atoms with E-state index >= 15 is 0 Å². The van der Waals surface area contributed by atoms with Crippen molar-refractivity contribution in [3.8, 4) is 0 Å². The number of carbonyl (C=O) groups is 2. The molecule has 1 rings (SSSR count). The Bertz CT molecular complexity index is 346. The number of aryl methyl sites for hydroxylation is 1. The Morgan fingerprint density at radius 2 is 2.21 bits per heavy atom. The molecule has 0 fully saturated rings. The van der Waals surface area contributed by atoms with Gasteiger partial charge in [0.05, 0.1) is 5.56 Å². The number of carbonyl (C=O) groups excluding carboxylic acids is 1. The highest BCUT2D eigenvalue weighted by molar-refractivity contribution is 5.95. The van der Waals surface area contributed by atoms with E-state index in [1.807, 2.05) is 0 Å². The normalized spacial score (nSPS) is 9.50. The van der Waals surface area contributed by atoms with E-state index in [-0.39, 0.29) is 6.54 Å². The molecule has 14 heavy (non-hydrogen) atoms. The number of amides is 1. The number of rotatable bonds is 3. The Hall–Kier alpha value is -1.91. The van der Waals surface area contributed by atoms with Gasteiger partial charge in [-0.1, -0.05) is 0 Å². The summed E-state index contributed by atoms with van der Waals surface area (Å²) in [5.41, 5.74) is 1.16. The molecule has 0 radical (unpaired) electrons. The van der Waals surface area contributed by atoms with Gasteiger partial charge in [0.1, 0.15) is 6.54 Å². The highest BCUT2D eigenvalue weighted by Gasteiger charge is 2.06. The van der Waals surface area contributed by atoms with E-state index in [2.05, 4.69) is 10.3 Å². The lowest BCUT2D eigenvalue weighted by Gasteiger charge is -2.01. The number of aromatic nitrogens is 1. The molecule has 74 valence electrons. The summed E-state index contributed by atoms with van der Waals surface area (Å²) in [5, 5.41) is 10.6. The van der Waals surface area contributed by atoms with Gasteiger partial charge in [-0.2, -0.15) is 0 Å². The molecule has 0 spiro atoms. The van der Waals surface area contributed by atoms with Gasteiger partial charge in [-0.3, -0.25) is 14.6 Å². The van der Waals surface area contributed by atoms with Crippen LogP contribution in [0.15, 0.2) is 18.3 Å². The third kappa shape index (κ3) is 2.85. The Morgan fingerprint density at radius 1 is 1.50 bits per heavy atom. The lowest BCUT2D eigenvalue weighted by molar-refractivity contribution is -0.135. The van der Waals surface area contributed by atoms with E-state index in [1.54, 1.807) is 19.1 Å². The van der Waals surface area contributed by atoms with Crippen LogP contribution in [-0.2, 0) is 4.79 Å². The van der Waals surface area contributed by atoms with Crippen LogP contribution in [0.3, 0.4) is 0 Å². The van der Waals surface area contributed by atoms with Gasteiger partial charge in [-0.25, -0.2) is 0 Å². The zero-order valence-corrected chi connectivity index (χ0v) is 7.65. The number of hydrogen-bond donors (Lipinski definition) is 2. The summed E-state index contributed by atoms with van der Waals surface area (Å²) in [6.45, 7) is 1.42. The Balaban J connectivity index is 2.61. The minimum absolute atomic E-state index is 0.358. The van der Waals surface area contributed by atoms with E-state index in [4.69, 9.17) is 5.11 Å². The lowest BCUT2D eigenvalue weighted by atomic mass is 10.2. The van der Waals surface area contributed by atoms with Crippen molar-refractivity contribution in [1.82, 2.24) is 10.3 Å². The highest BCUT2D eigenvalue weighted by atomic mass is 16.4. The molecular weight excluding hydrogens is 184 g/mol. The predicted octanol–water partition coefficient (Wildman–Crippen LogP) is 0.204. The molecule has 1 amide bonds. The second-order valence-corrected chi connectivity index (χ2v) is 2.76. The van der Waals surface area contributed by atoms with Crippen molar-refractivity contribution in [2.24, 2.45) is 0 Å². The van der Waals surface area contributed by atoms with Gasteiger partial charge >= 0.3 is 5.97 Å². The summed E-state index contributed by atoms with van der Waals surface area (Å²) in [6, 6.07) is 3.29. The summed E-state index contributed by atoms with van der Waals surface area (Å²) in [7, 11) is 0. The maximum absolute atomic E-state index is 11.2. The summed E-state index contributed by atoms with van der Waals surface area (Å²) in [6.07, 6.45) is 1.41. The van der Waals surface area contributed by atoms with Gasteiger partial charge in [0.25, 0.3) is 5.91 Å². The number of pyridine rings is 1. The summed E-state index contributed by atoms with van der Waals surface area (Å²) < 4.78 is 0. The average molecular weight is 194 g/mol. The van der Waals surface area contributed by atoms with E-state index in [1.165, 1.54) is 6.20 Å². The summed E-state index contributed by atoms with van der Waals surface area (Å²) >= 11 is 0. The summed E-state index contributed by atoms with van der Waals surface area (Å²) in [5.74, 6) is -1.50. The van der Waals surface area contributed by atoms with Crippen LogP contribution in [0.1, 0.15) is 16.1 Å². The molecule has 0 bridgehead atoms. The number of carboxylic acid groups (broad SMARTS) is 1. The van der Waals surface area contributed by atoms with E-state index in [0.29, 0.717) is 5.56 Å². The molecule has 0 atom stereocenters. The quantitative estimate of drug-likeness (QED) is 0.720. The van der Waals surface area contributed by atoms with Crippen molar-refractivity contribution < 1.29 is 14.7 Å². The zero-order chi connectivity index (χ0) is 10.6. The minimum Gasteiger partial charge on any atom is -0.480 e. The molecule has 0 unspecified atom stereocenters. The second-order valence-electron chi connectivity index (χ2n) is 2.76. The predicted molar refractivity (Wildman–Crippen MR) is 48.9 cm³/mol. The van der Waals surface area contributed by atoms with Gasteiger partial charge in [0, 0.05) is 11.9 Å². The van der Waals surface area contributed by atoms with Gasteiger partial charge < -0.3 is 10.4 Å². The Kier molecular flexibility index (Phi) is 3.17. The molecule has 0 aliphatic carbocycles. The first-order valence-electron chi connectivity index (χ1n) is 4.02. The molecule has 0 saturated heterocycles. The van der Waals surface area contributed by atoms with Crippen molar-refractivity contribution in [2.45, 2.75) is 6.92 Å². The highest BCUT2D eigenvalue weighted by Crippen LogP contribution is 1.98. The fourth-order valence-corrected chi connectivity index (χ4v) is 0.860. The monoisotopic (exact) mass is 194 g/mol. The first-order valence-corrected chi connectivity index (χ1v) is 4.02. The fraction of sp³-hybridized carbons (Fsp3) is 0.222. The SMILES string of the molecule is Cc1ccc(C(=O)NCC(=O)O)cn1. The van der Waals surface area contributed by atoms with Crippen LogP contribution < -0.4 is 5.32 Å². The van der Waals surface area contributed by atoms with Crippen LogP contribution in [0.2, 0.25) is 0 Å². The topological polar surface area (TPSA) is 79.3 Å². The number of hydrogen-bond acceptors (Lipinski definition) is 3. The zero-order valence-electron chi connectivity index (χ0n) is 7.65. The van der Waals surface area contributed by atoms with Crippen molar-refractivity contribution >= 4 is 11.9 Å². The molecule has 5 heteroatoms. The van der Waals surface area contributed by atoms with Gasteiger partial charge in [-0.05, 0) is 19.1 Å². The fourth-order valence-electron chi connectivity index (χ4n) is 0.860. The number of aliphatic carboxylic acids is 1. The molecule has 2 N–H and O–H groups in total. The molecule has 5 nitrogen and oxygen atoms in total. The number of nitrogens with zero attached hydrogens (tertiary/aromatic N) is 1. The van der Waals surface area contributed by atoms with Crippen LogP contribution in [-0.4, -0.2) is 28.5 Å². The van der Waals surface area contributed by atoms with Crippen molar-refractivity contribution in [3.63, 3.8) is 0 Å². The molecule has 0 aromatic carbocycles. The van der Waals surface area contributed by atoms with Crippen molar-refractivity contribution in [3.05, 3.63) is 29.6 Å². The maximum Gasteiger partial charge on any atom is 0.322 e. The van der Waals surface area contributed by atoms with Gasteiger partial charge in [0.15, 0.2) is 0 Å². The third-order valence-electron chi connectivity index (χ3n) is 1.57. The van der Waals surface area contributed by atoms with Crippen LogP contribution >= 0.6 is 0 Å². The second kappa shape index (κ2) is 4.36. The third-order valence-corrected chi connectivity index (χ3v) is 1.57. The van der Waals surface area contributed by atoms with Gasteiger partial charge in [0.2, 0.25) is 0 Å². The lowest BCUT2D eigenvalue weighted by Crippen LogP contribution is -2.29. The smallest absolute Gasteiger partial charge is 0.322 e. The van der Waals surface area contributed by atoms with Crippen LogP contribution in [0.5, 0.6) is 0 Å². The largest absolute Gasteiger partial charge is 0.480 e. The van der Waals surface area contributed by atoms with E-state index < -0.39 is 11.9 Å². The van der Waals surface area contributed by atoms with E-state index in [0.717, 1.165) is 5.69 Å². The molecule has 1 aromatic heterocycles. The molecule has 0 aliphatic heterocycles. The summed E-state index contributed by atoms with van der Waals surface area (Å²) in [4.78, 5) is 25.3. The molecule has 1 aromatic rings. The first kappa shape index (κ1) is 10.2. The van der Waals surface area contributed by atoms with Crippen molar-refractivity contribution in [2.75, 3.05) is 6.54 Å². The number of carboxylic acids is 1. The standard InChI is InChI=1S/C9H10N2O3/c1-6-2-3-7(4-10-6)9(14)11-5-8(12)13/h2-4H,5H2,1H3,(H,11,14)(H,12,13). The molecular formula is C9H10N2O3. The molecule has 1 heterocycles. The maximum atomic E-state index is 11.2. The van der Waals surface area contributed by atoms with Gasteiger partial charge in [-0.15, -0.1) is 0 Å². The average Bonchev–Trinajstić information content (AvgIpc) is 2.15. The van der Waals surface area contributed by atoms with Crippen LogP contribution in [0.25, 0.3) is 0 Å². The van der Waals surface area contributed by atoms with Crippen LogP contribution in [0, 0.1) is 6.92 Å². The Labute approximate surface area is 80.8 Å². The first-order chi connectivity index (χ1) is 6.59. The Morgan fingerprint density at radius 3 is 2.71 bits per heavy atom. The molecule has 0 saturated carbocycles. The van der Waals surface area contributed by atoms with Crippen LogP contribution in [0.4, 0.5) is 0 Å². The van der Waals surface area contributed by atoms with Crippen molar-refractivity contribution in [1.29, 1.82) is 0 Å². The number of nitrogens with one attached hydrogen (secondary N) is 1. The van der Waals surface area contributed by atoms with E-state index in [9.17, 15) is 9.59 Å². The molecule has 0 aliphatic rings. The minimum atomic E-state index is -1.07.